The van der Waals surface area contributed by atoms with Gasteiger partial charge in [0, 0.05) is 11.8 Å². The summed E-state index contributed by atoms with van der Waals surface area (Å²) >= 11 is 1.15. The molecule has 2 rings (SSSR count). The molecule has 16 heavy (non-hydrogen) atoms. The van der Waals surface area contributed by atoms with Gasteiger partial charge in [0.25, 0.3) is 0 Å². The quantitative estimate of drug-likeness (QED) is 0.763. The van der Waals surface area contributed by atoms with E-state index in [-0.39, 0.29) is 0 Å². The molecule has 0 aliphatic carbocycles. The number of aromatic nitrogens is 1. The minimum Gasteiger partial charge on any atom is -0.298 e. The summed E-state index contributed by atoms with van der Waals surface area (Å²) in [7, 11) is 0. The van der Waals surface area contributed by atoms with Gasteiger partial charge in [0.1, 0.15) is 10.8 Å². The molecule has 0 unspecified atom stereocenters. The molecule has 4 heteroatoms. The first-order valence-corrected chi connectivity index (χ1v) is 5.45. The average Bonchev–Trinajstić information content (AvgIpc) is 2.33. The summed E-state index contributed by atoms with van der Waals surface area (Å²) in [5.41, 5.74) is 0.343. The third kappa shape index (κ3) is 2.28. The molecular weight excluding hydrogens is 225 g/mol. The first-order chi connectivity index (χ1) is 7.81. The Morgan fingerprint density at radius 3 is 2.75 bits per heavy atom. The number of halogens is 1. The van der Waals surface area contributed by atoms with Crippen molar-refractivity contribution in [2.45, 2.75) is 9.92 Å². The molecular formula is C12H8FNOS. The highest BCUT2D eigenvalue weighted by molar-refractivity contribution is 7.99. The van der Waals surface area contributed by atoms with Gasteiger partial charge in [0.2, 0.25) is 0 Å². The summed E-state index contributed by atoms with van der Waals surface area (Å²) in [5.74, 6) is -0.403. The van der Waals surface area contributed by atoms with E-state index in [0.29, 0.717) is 21.8 Å². The number of hydrogen-bond donors (Lipinski definition) is 0. The van der Waals surface area contributed by atoms with Gasteiger partial charge in [-0.05, 0) is 18.2 Å². The second-order valence-electron chi connectivity index (χ2n) is 3.05. The summed E-state index contributed by atoms with van der Waals surface area (Å²) in [6.45, 7) is 0. The largest absolute Gasteiger partial charge is 0.298 e. The van der Waals surface area contributed by atoms with Crippen LogP contribution in [0.4, 0.5) is 4.39 Å². The zero-order valence-electron chi connectivity index (χ0n) is 8.26. The Labute approximate surface area is 96.5 Å². The molecule has 80 valence electrons. The maximum atomic E-state index is 13.5. The SMILES string of the molecule is O=Cc1cccc(F)c1Sc1ccccn1. The highest BCUT2D eigenvalue weighted by Gasteiger charge is 2.09. The minimum atomic E-state index is -0.403. The van der Waals surface area contributed by atoms with Crippen molar-refractivity contribution in [2.75, 3.05) is 0 Å². The molecule has 0 aliphatic rings. The van der Waals surface area contributed by atoms with Gasteiger partial charge in [-0.1, -0.05) is 30.0 Å². The number of aldehydes is 1. The molecule has 0 radical (unpaired) electrons. The predicted molar refractivity (Wildman–Crippen MR) is 60.1 cm³/mol. The van der Waals surface area contributed by atoms with E-state index in [2.05, 4.69) is 4.98 Å². The van der Waals surface area contributed by atoms with Crippen LogP contribution in [0, 0.1) is 5.82 Å². The summed E-state index contributed by atoms with van der Waals surface area (Å²) in [6, 6.07) is 9.80. The van der Waals surface area contributed by atoms with Crippen LogP contribution in [0.25, 0.3) is 0 Å². The fourth-order valence-electron chi connectivity index (χ4n) is 1.24. The van der Waals surface area contributed by atoms with E-state index in [1.807, 2.05) is 6.07 Å². The van der Waals surface area contributed by atoms with Crippen LogP contribution in [0.5, 0.6) is 0 Å². The van der Waals surface area contributed by atoms with Crippen LogP contribution in [-0.2, 0) is 0 Å². The number of nitrogens with zero attached hydrogens (tertiary/aromatic N) is 1. The molecule has 0 fully saturated rings. The molecule has 0 amide bonds. The average molecular weight is 233 g/mol. The molecule has 0 aliphatic heterocycles. The van der Waals surface area contributed by atoms with Crippen LogP contribution in [0.1, 0.15) is 10.4 Å². The fraction of sp³-hybridized carbons (Fsp3) is 0. The molecule has 1 aromatic carbocycles. The first-order valence-electron chi connectivity index (χ1n) is 4.64. The van der Waals surface area contributed by atoms with Crippen molar-refractivity contribution < 1.29 is 9.18 Å². The summed E-state index contributed by atoms with van der Waals surface area (Å²) in [6.07, 6.45) is 2.28. The molecule has 0 saturated carbocycles. The maximum Gasteiger partial charge on any atom is 0.151 e. The van der Waals surface area contributed by atoms with Crippen LogP contribution >= 0.6 is 11.8 Å². The number of carbonyl (C=O) groups excluding carboxylic acids is 1. The van der Waals surface area contributed by atoms with Crippen LogP contribution in [0.3, 0.4) is 0 Å². The zero-order chi connectivity index (χ0) is 11.4. The summed E-state index contributed by atoms with van der Waals surface area (Å²) in [4.78, 5) is 15.2. The number of rotatable bonds is 3. The monoisotopic (exact) mass is 233 g/mol. The van der Waals surface area contributed by atoms with Crippen molar-refractivity contribution in [3.05, 3.63) is 54.0 Å². The Kier molecular flexibility index (Phi) is 3.31. The van der Waals surface area contributed by atoms with Crippen molar-refractivity contribution in [2.24, 2.45) is 0 Å². The smallest absolute Gasteiger partial charge is 0.151 e. The zero-order valence-corrected chi connectivity index (χ0v) is 9.08. The molecule has 0 bridgehead atoms. The summed E-state index contributed by atoms with van der Waals surface area (Å²) in [5, 5.41) is 0.663. The van der Waals surface area contributed by atoms with Crippen molar-refractivity contribution in [1.29, 1.82) is 0 Å². The minimum absolute atomic E-state index is 0.316. The lowest BCUT2D eigenvalue weighted by Gasteiger charge is -2.04. The number of pyridine rings is 1. The lowest BCUT2D eigenvalue weighted by Crippen LogP contribution is -1.90. The van der Waals surface area contributed by atoms with E-state index in [4.69, 9.17) is 0 Å². The van der Waals surface area contributed by atoms with Crippen LogP contribution in [-0.4, -0.2) is 11.3 Å². The van der Waals surface area contributed by atoms with Crippen LogP contribution < -0.4 is 0 Å². The molecule has 0 atom stereocenters. The Balaban J connectivity index is 2.38. The Morgan fingerprint density at radius 1 is 1.19 bits per heavy atom. The van der Waals surface area contributed by atoms with Crippen LogP contribution in [0.15, 0.2) is 52.5 Å². The highest BCUT2D eigenvalue weighted by Crippen LogP contribution is 2.30. The van der Waals surface area contributed by atoms with Gasteiger partial charge in [0.15, 0.2) is 6.29 Å². The molecule has 1 heterocycles. The van der Waals surface area contributed by atoms with Crippen molar-refractivity contribution in [1.82, 2.24) is 4.98 Å². The van der Waals surface area contributed by atoms with Gasteiger partial charge < -0.3 is 0 Å². The number of hydrogen-bond acceptors (Lipinski definition) is 3. The molecule has 0 N–H and O–H groups in total. The standard InChI is InChI=1S/C12H8FNOS/c13-10-5-3-4-9(8-15)12(10)16-11-6-1-2-7-14-11/h1-8H. The van der Waals surface area contributed by atoms with E-state index in [1.165, 1.54) is 12.1 Å². The normalized spacial score (nSPS) is 10.1. The van der Waals surface area contributed by atoms with E-state index in [0.717, 1.165) is 11.8 Å². The third-order valence-corrected chi connectivity index (χ3v) is 3.05. The molecule has 0 spiro atoms. The van der Waals surface area contributed by atoms with Crippen LogP contribution in [0.2, 0.25) is 0 Å². The Bertz CT molecular complexity index is 502. The lowest BCUT2D eigenvalue weighted by atomic mass is 10.2. The van der Waals surface area contributed by atoms with Gasteiger partial charge in [-0.3, -0.25) is 4.79 Å². The number of benzene rings is 1. The van der Waals surface area contributed by atoms with Gasteiger partial charge in [-0.15, -0.1) is 0 Å². The summed E-state index contributed by atoms with van der Waals surface area (Å²) < 4.78 is 13.5. The Hall–Kier alpha value is -1.68. The van der Waals surface area contributed by atoms with E-state index < -0.39 is 5.82 Å². The van der Waals surface area contributed by atoms with Crippen molar-refractivity contribution in [3.8, 4) is 0 Å². The molecule has 2 nitrogen and oxygen atoms in total. The molecule has 2 aromatic rings. The maximum absolute atomic E-state index is 13.5. The number of carbonyl (C=O) groups is 1. The van der Waals surface area contributed by atoms with Gasteiger partial charge in [-0.25, -0.2) is 9.37 Å². The van der Waals surface area contributed by atoms with E-state index >= 15 is 0 Å². The topological polar surface area (TPSA) is 30.0 Å². The Morgan fingerprint density at radius 2 is 2.06 bits per heavy atom. The van der Waals surface area contributed by atoms with Gasteiger partial charge in [-0.2, -0.15) is 0 Å². The predicted octanol–water partition coefficient (Wildman–Crippen LogP) is 3.18. The molecule has 1 aromatic heterocycles. The lowest BCUT2D eigenvalue weighted by molar-refractivity contribution is 0.112. The van der Waals surface area contributed by atoms with Crippen molar-refractivity contribution in [3.63, 3.8) is 0 Å². The van der Waals surface area contributed by atoms with Crippen molar-refractivity contribution >= 4 is 18.0 Å². The van der Waals surface area contributed by atoms with Gasteiger partial charge in [0.05, 0.1) is 4.90 Å². The fourth-order valence-corrected chi connectivity index (χ4v) is 2.11. The van der Waals surface area contributed by atoms with E-state index in [1.54, 1.807) is 24.4 Å². The highest BCUT2D eigenvalue weighted by atomic mass is 32.2. The second-order valence-corrected chi connectivity index (χ2v) is 4.08. The second kappa shape index (κ2) is 4.90. The van der Waals surface area contributed by atoms with E-state index in [9.17, 15) is 9.18 Å². The van der Waals surface area contributed by atoms with Gasteiger partial charge >= 0.3 is 0 Å². The third-order valence-electron chi connectivity index (χ3n) is 1.97. The first kappa shape index (κ1) is 10.8. The molecule has 0 saturated heterocycles.